The van der Waals surface area contributed by atoms with Crippen molar-refractivity contribution in [3.8, 4) is 0 Å². The summed E-state index contributed by atoms with van der Waals surface area (Å²) >= 11 is 0. The van der Waals surface area contributed by atoms with Crippen molar-refractivity contribution in [3.63, 3.8) is 0 Å². The third-order valence-corrected chi connectivity index (χ3v) is 7.97. The van der Waals surface area contributed by atoms with E-state index in [1.54, 1.807) is 0 Å². The number of halogens is 1. The fourth-order valence-electron chi connectivity index (χ4n) is 5.31. The number of aliphatic hydroxyl groups is 1. The minimum absolute atomic E-state index is 0. The minimum Gasteiger partial charge on any atom is -0.394 e. The van der Waals surface area contributed by atoms with Crippen LogP contribution in [-0.4, -0.2) is 148 Å². The van der Waals surface area contributed by atoms with Gasteiger partial charge in [0.2, 0.25) is 9.05 Å². The van der Waals surface area contributed by atoms with Crippen LogP contribution in [0.25, 0.3) is 16.5 Å². The molecule has 1 aliphatic carbocycles. The number of epoxide rings is 1. The molecule has 0 saturated carbocycles. The van der Waals surface area contributed by atoms with Crippen molar-refractivity contribution in [3.05, 3.63) is 195 Å². The molecular weight excluding hydrogens is 837 g/mol. The summed E-state index contributed by atoms with van der Waals surface area (Å²) in [5.41, 5.74) is 17.3. The van der Waals surface area contributed by atoms with Gasteiger partial charge < -0.3 is 19.3 Å². The average Bonchev–Trinajstić information content (AvgIpc) is 4.18. The molecule has 1 radical (unpaired) electrons. The van der Waals surface area contributed by atoms with E-state index >= 15 is 0 Å². The fourth-order valence-corrected chi connectivity index (χ4v) is 5.31. The Balaban J connectivity index is 0.000000304. The van der Waals surface area contributed by atoms with Crippen LogP contribution >= 0.6 is 10.7 Å². The van der Waals surface area contributed by atoms with Gasteiger partial charge in [-0.05, 0) is 29.5 Å². The molecule has 1 N–H and O–H groups in total. The van der Waals surface area contributed by atoms with Gasteiger partial charge in [-0.2, -0.15) is 0 Å². The summed E-state index contributed by atoms with van der Waals surface area (Å²) in [4.78, 5) is 11.8. The molecular formula is C47H54ClKN5O6S. The normalized spacial score (nSPS) is 11.5. The molecule has 0 atom stereocenters. The van der Waals surface area contributed by atoms with Crippen LogP contribution in [0.4, 0.5) is 0 Å². The molecule has 1 heterocycles. The smallest absolute Gasteiger partial charge is 0.229 e. The van der Waals surface area contributed by atoms with Crippen molar-refractivity contribution in [2.75, 3.05) is 72.1 Å². The first-order valence-corrected chi connectivity index (χ1v) is 22.3. The SMILES string of the molecule is C1=Cc2ccccc2CC1.C1CO1.CS(=O)(=O)Cl.OCCN=C(c1ccccc1)c1ccccc1.[K].[N-]=[N+]=NCCOCCOCCN=C(c1ccccc1)c1ccccc1. The van der Waals surface area contributed by atoms with Gasteiger partial charge in [-0.25, -0.2) is 8.42 Å². The standard InChI is InChI=1S/C19H22N4O2.C15H15NO.C10H10.C2H4O.CH3ClO2S.K/c20-23-22-12-14-25-16-15-24-13-11-21-19(17-7-3-1-4-8-17)18-9-5-2-6-10-18;17-12-11-16-15(13-7-3-1-4-8-13)14-9-5-2-6-10-14;1-2-6-10-8-4-3-7-9(10)5-1;1-2-3-1;1-5(2,3)4;/h1-10H,11-16H2;1-10,17H,11-12H2;1-3,5-7H,4,8H2;1-2H2;1H3;. The third-order valence-electron chi connectivity index (χ3n) is 7.97. The third kappa shape index (κ3) is 26.3. The van der Waals surface area contributed by atoms with E-state index in [2.05, 4.69) is 91.1 Å². The average molecular weight is 892 g/mol. The number of rotatable bonds is 15. The van der Waals surface area contributed by atoms with Gasteiger partial charge in [0, 0.05) is 95.8 Å². The molecule has 5 aromatic carbocycles. The number of hydrogen-bond acceptors (Lipinski definition) is 9. The van der Waals surface area contributed by atoms with E-state index in [-0.39, 0.29) is 58.0 Å². The first-order valence-electron chi connectivity index (χ1n) is 19.6. The zero-order valence-electron chi connectivity index (χ0n) is 35.0. The summed E-state index contributed by atoms with van der Waals surface area (Å²) in [6.07, 6.45) is 7.79. The van der Waals surface area contributed by atoms with Crippen LogP contribution in [0, 0.1) is 0 Å². The Morgan fingerprint density at radius 2 is 1.07 bits per heavy atom. The summed E-state index contributed by atoms with van der Waals surface area (Å²) in [7, 11) is 1.31. The number of aliphatic hydroxyl groups excluding tert-OH is 1. The fraction of sp³-hybridized carbons (Fsp3) is 0.277. The molecule has 317 valence electrons. The van der Waals surface area contributed by atoms with Gasteiger partial charge in [0.1, 0.15) is 0 Å². The van der Waals surface area contributed by atoms with Crippen molar-refractivity contribution >= 4 is 88.6 Å². The van der Waals surface area contributed by atoms with Crippen molar-refractivity contribution in [2.24, 2.45) is 15.1 Å². The molecule has 1 saturated heterocycles. The Hall–Kier alpha value is -3.79. The predicted molar refractivity (Wildman–Crippen MR) is 251 cm³/mol. The predicted octanol–water partition coefficient (Wildman–Crippen LogP) is 8.85. The van der Waals surface area contributed by atoms with Crippen LogP contribution in [0.5, 0.6) is 0 Å². The molecule has 11 nitrogen and oxygen atoms in total. The Kier molecular flexibility index (Phi) is 29.5. The summed E-state index contributed by atoms with van der Waals surface area (Å²) in [5.74, 6) is 0. The van der Waals surface area contributed by atoms with Crippen LogP contribution < -0.4 is 0 Å². The molecule has 2 aliphatic rings. The minimum atomic E-state index is -3.19. The van der Waals surface area contributed by atoms with E-state index in [1.165, 1.54) is 24.0 Å². The number of allylic oxidation sites excluding steroid dienone is 1. The Morgan fingerprint density at radius 1 is 0.672 bits per heavy atom. The first kappa shape index (κ1) is 53.3. The van der Waals surface area contributed by atoms with E-state index in [9.17, 15) is 8.42 Å². The second-order valence-corrected chi connectivity index (χ2v) is 15.8. The molecule has 0 unspecified atom stereocenters. The maximum absolute atomic E-state index is 9.40. The van der Waals surface area contributed by atoms with Crippen molar-refractivity contribution in [1.29, 1.82) is 0 Å². The number of ether oxygens (including phenoxy) is 3. The van der Waals surface area contributed by atoms with Crippen LogP contribution in [0.15, 0.2) is 167 Å². The maximum Gasteiger partial charge on any atom is 0.229 e. The molecule has 1 fully saturated rings. The number of fused-ring (bicyclic) bond motifs is 1. The molecule has 0 aromatic heterocycles. The maximum atomic E-state index is 9.40. The van der Waals surface area contributed by atoms with E-state index in [0.29, 0.717) is 46.1 Å². The molecule has 14 heteroatoms. The van der Waals surface area contributed by atoms with Crippen LogP contribution in [0.3, 0.4) is 0 Å². The molecule has 0 spiro atoms. The van der Waals surface area contributed by atoms with Gasteiger partial charge in [-0.1, -0.05) is 163 Å². The number of nitrogens with zero attached hydrogens (tertiary/aromatic N) is 5. The van der Waals surface area contributed by atoms with Crippen molar-refractivity contribution in [2.45, 2.75) is 12.8 Å². The number of aliphatic imine (C=N–C) groups is 2. The largest absolute Gasteiger partial charge is 0.394 e. The quantitative estimate of drug-likeness (QED) is 0.0162. The second kappa shape index (κ2) is 33.8. The van der Waals surface area contributed by atoms with Gasteiger partial charge in [0.15, 0.2) is 0 Å². The number of aryl methyl sites for hydroxylation is 1. The van der Waals surface area contributed by atoms with Gasteiger partial charge in [-0.15, -0.1) is 0 Å². The van der Waals surface area contributed by atoms with Gasteiger partial charge in [0.25, 0.3) is 0 Å². The van der Waals surface area contributed by atoms with Gasteiger partial charge >= 0.3 is 0 Å². The molecule has 5 aromatic rings. The molecule has 7 rings (SSSR count). The van der Waals surface area contributed by atoms with Crippen molar-refractivity contribution in [1.82, 2.24) is 0 Å². The zero-order valence-corrected chi connectivity index (χ0v) is 39.7. The topological polar surface area (TPSA) is 159 Å². The van der Waals surface area contributed by atoms with Gasteiger partial charge in [0.05, 0.1) is 77.0 Å². The second-order valence-electron chi connectivity index (χ2n) is 12.8. The summed E-state index contributed by atoms with van der Waals surface area (Å²) in [6, 6.07) is 48.9. The van der Waals surface area contributed by atoms with Crippen molar-refractivity contribution < 1.29 is 27.7 Å². The summed E-state index contributed by atoms with van der Waals surface area (Å²) in [6.45, 7) is 5.35. The molecule has 0 amide bonds. The van der Waals surface area contributed by atoms with Crippen LogP contribution in [-0.2, 0) is 29.7 Å². The first-order chi connectivity index (χ1) is 29.3. The Labute approximate surface area is 408 Å². The molecule has 0 bridgehead atoms. The Bertz CT molecular complexity index is 2060. The summed E-state index contributed by atoms with van der Waals surface area (Å²) < 4.78 is 34.1. The molecule has 1 aliphatic heterocycles. The summed E-state index contributed by atoms with van der Waals surface area (Å²) in [5, 5.41) is 12.3. The zero-order chi connectivity index (χ0) is 42.9. The van der Waals surface area contributed by atoms with E-state index in [0.717, 1.165) is 53.1 Å². The number of azide groups is 1. The van der Waals surface area contributed by atoms with Crippen LogP contribution in [0.1, 0.15) is 39.8 Å². The van der Waals surface area contributed by atoms with E-state index in [1.807, 2.05) is 97.1 Å². The monoisotopic (exact) mass is 890 g/mol. The number of benzene rings is 5. The van der Waals surface area contributed by atoms with Gasteiger partial charge in [-0.3, -0.25) is 9.98 Å². The van der Waals surface area contributed by atoms with E-state index in [4.69, 9.17) is 25.1 Å². The number of hydrogen-bond donors (Lipinski definition) is 1. The van der Waals surface area contributed by atoms with Crippen LogP contribution in [0.2, 0.25) is 0 Å². The van der Waals surface area contributed by atoms with E-state index < -0.39 is 9.05 Å². The molecule has 61 heavy (non-hydrogen) atoms. The Morgan fingerprint density at radius 3 is 1.46 bits per heavy atom.